The summed E-state index contributed by atoms with van der Waals surface area (Å²) in [5.41, 5.74) is 0.599. The molecule has 7 heteroatoms. The summed E-state index contributed by atoms with van der Waals surface area (Å²) in [6, 6.07) is 13.6. The molecule has 0 spiro atoms. The number of hydrogen-bond acceptors (Lipinski definition) is 5. The van der Waals surface area contributed by atoms with E-state index >= 15 is 0 Å². The number of aromatic nitrogens is 1. The van der Waals surface area contributed by atoms with Gasteiger partial charge in [0, 0.05) is 11.1 Å². The molecule has 0 atom stereocenters. The number of aryl methyl sites for hydroxylation is 1. The lowest BCUT2D eigenvalue weighted by molar-refractivity contribution is 0.101. The van der Waals surface area contributed by atoms with E-state index in [1.807, 2.05) is 0 Å². The maximum atomic E-state index is 12.3. The van der Waals surface area contributed by atoms with Crippen LogP contribution < -0.4 is 14.8 Å². The van der Waals surface area contributed by atoms with Gasteiger partial charge in [0.1, 0.15) is 17.3 Å². The fraction of sp³-hybridized carbons (Fsp3) is 0.111. The van der Waals surface area contributed by atoms with Crippen molar-refractivity contribution in [2.45, 2.75) is 6.92 Å². The molecular formula is C18H15ClN2O4. The molecule has 0 radical (unpaired) electrons. The Hall–Kier alpha value is -2.99. The molecule has 1 N–H and O–H groups in total. The molecule has 0 saturated heterocycles. The van der Waals surface area contributed by atoms with Crippen molar-refractivity contribution in [3.05, 3.63) is 65.0 Å². The second kappa shape index (κ2) is 7.27. The molecule has 3 rings (SSSR count). The van der Waals surface area contributed by atoms with Crippen molar-refractivity contribution in [3.63, 3.8) is 0 Å². The third-order valence-electron chi connectivity index (χ3n) is 3.34. The summed E-state index contributed by atoms with van der Waals surface area (Å²) < 4.78 is 15.9. The smallest absolute Gasteiger partial charge is 0.277 e. The molecule has 0 aliphatic carbocycles. The molecule has 25 heavy (non-hydrogen) atoms. The van der Waals surface area contributed by atoms with E-state index in [-0.39, 0.29) is 5.69 Å². The Morgan fingerprint density at radius 3 is 2.48 bits per heavy atom. The highest BCUT2D eigenvalue weighted by Gasteiger charge is 2.15. The molecule has 0 bridgehead atoms. The minimum absolute atomic E-state index is 0.174. The summed E-state index contributed by atoms with van der Waals surface area (Å²) in [5.74, 6) is 1.89. The molecule has 1 heterocycles. The predicted molar refractivity (Wildman–Crippen MR) is 93.7 cm³/mol. The first-order valence-corrected chi connectivity index (χ1v) is 7.79. The monoisotopic (exact) mass is 358 g/mol. The quantitative estimate of drug-likeness (QED) is 0.716. The fourth-order valence-electron chi connectivity index (χ4n) is 2.12. The highest BCUT2D eigenvalue weighted by molar-refractivity contribution is 6.31. The summed E-state index contributed by atoms with van der Waals surface area (Å²) in [5, 5.41) is 6.89. The van der Waals surface area contributed by atoms with Gasteiger partial charge in [0.2, 0.25) is 0 Å². The van der Waals surface area contributed by atoms with Crippen molar-refractivity contribution >= 4 is 23.2 Å². The normalized spacial score (nSPS) is 10.4. The third kappa shape index (κ3) is 4.10. The first-order valence-electron chi connectivity index (χ1n) is 7.41. The van der Waals surface area contributed by atoms with E-state index < -0.39 is 5.91 Å². The number of nitrogens with zero attached hydrogens (tertiary/aromatic N) is 1. The van der Waals surface area contributed by atoms with Crippen LogP contribution in [0.15, 0.2) is 53.1 Å². The van der Waals surface area contributed by atoms with Crippen LogP contribution in [0.5, 0.6) is 17.2 Å². The van der Waals surface area contributed by atoms with E-state index in [0.717, 1.165) is 5.75 Å². The summed E-state index contributed by atoms with van der Waals surface area (Å²) in [4.78, 5) is 12.3. The van der Waals surface area contributed by atoms with Crippen LogP contribution in [0.3, 0.4) is 0 Å². The van der Waals surface area contributed by atoms with Crippen molar-refractivity contribution in [2.75, 3.05) is 12.4 Å². The molecule has 0 unspecified atom stereocenters. The number of benzene rings is 2. The lowest BCUT2D eigenvalue weighted by Gasteiger charge is -2.12. The maximum Gasteiger partial charge on any atom is 0.277 e. The minimum Gasteiger partial charge on any atom is -0.497 e. The lowest BCUT2D eigenvalue weighted by atomic mass is 10.2. The van der Waals surface area contributed by atoms with Gasteiger partial charge in [0.15, 0.2) is 11.4 Å². The number of carbonyl (C=O) groups is 1. The van der Waals surface area contributed by atoms with E-state index in [1.54, 1.807) is 62.6 Å². The van der Waals surface area contributed by atoms with Gasteiger partial charge in [-0.3, -0.25) is 4.79 Å². The first-order chi connectivity index (χ1) is 12.0. The van der Waals surface area contributed by atoms with Crippen molar-refractivity contribution in [2.24, 2.45) is 0 Å². The molecule has 3 aromatic rings. The summed E-state index contributed by atoms with van der Waals surface area (Å²) in [7, 11) is 1.59. The number of nitrogens with one attached hydrogen (secondary N) is 1. The van der Waals surface area contributed by atoms with Gasteiger partial charge in [-0.25, -0.2) is 0 Å². The van der Waals surface area contributed by atoms with Crippen molar-refractivity contribution in [1.82, 2.24) is 5.16 Å². The molecule has 0 aliphatic rings. The Morgan fingerprint density at radius 1 is 1.12 bits per heavy atom. The van der Waals surface area contributed by atoms with E-state index in [9.17, 15) is 4.79 Å². The summed E-state index contributed by atoms with van der Waals surface area (Å²) >= 11 is 6.04. The van der Waals surface area contributed by atoms with Crippen LogP contribution in [0.4, 0.5) is 5.69 Å². The molecule has 6 nitrogen and oxygen atoms in total. The van der Waals surface area contributed by atoms with Crippen LogP contribution in [0, 0.1) is 6.92 Å². The molecule has 1 amide bonds. The molecule has 1 aromatic heterocycles. The Labute approximate surface area is 149 Å². The standard InChI is InChI=1S/C18H15ClN2O4/c1-11-9-16(21-25-11)18(22)20-15-10-12(19)3-8-17(15)24-14-6-4-13(23-2)5-7-14/h3-10H,1-2H3,(H,20,22). The van der Waals surface area contributed by atoms with E-state index in [1.165, 1.54) is 0 Å². The average molecular weight is 359 g/mol. The van der Waals surface area contributed by atoms with Gasteiger partial charge in [0.05, 0.1) is 12.8 Å². The van der Waals surface area contributed by atoms with Crippen molar-refractivity contribution < 1.29 is 18.8 Å². The fourth-order valence-corrected chi connectivity index (χ4v) is 2.29. The van der Waals surface area contributed by atoms with Gasteiger partial charge >= 0.3 is 0 Å². The van der Waals surface area contributed by atoms with Crippen LogP contribution in [-0.2, 0) is 0 Å². The van der Waals surface area contributed by atoms with E-state index in [4.69, 9.17) is 25.6 Å². The lowest BCUT2D eigenvalue weighted by Crippen LogP contribution is -2.12. The van der Waals surface area contributed by atoms with E-state index in [0.29, 0.717) is 28.0 Å². The number of ether oxygens (including phenoxy) is 2. The average Bonchev–Trinajstić information content (AvgIpc) is 3.04. The topological polar surface area (TPSA) is 73.6 Å². The number of halogens is 1. The molecule has 0 aliphatic heterocycles. The van der Waals surface area contributed by atoms with Gasteiger partial charge in [-0.05, 0) is 49.4 Å². The molecule has 0 saturated carbocycles. The van der Waals surface area contributed by atoms with Gasteiger partial charge < -0.3 is 19.3 Å². The molecular weight excluding hydrogens is 344 g/mol. The van der Waals surface area contributed by atoms with Crippen LogP contribution >= 0.6 is 11.6 Å². The van der Waals surface area contributed by atoms with Crippen molar-refractivity contribution in [3.8, 4) is 17.2 Å². The number of carbonyl (C=O) groups excluding carboxylic acids is 1. The number of amides is 1. The van der Waals surface area contributed by atoms with Gasteiger partial charge in [-0.15, -0.1) is 0 Å². The van der Waals surface area contributed by atoms with Gasteiger partial charge in [-0.2, -0.15) is 0 Å². The second-order valence-electron chi connectivity index (χ2n) is 5.19. The zero-order valence-electron chi connectivity index (χ0n) is 13.6. The van der Waals surface area contributed by atoms with Gasteiger partial charge in [-0.1, -0.05) is 16.8 Å². The number of methoxy groups -OCH3 is 1. The Kier molecular flexibility index (Phi) is 4.90. The Balaban J connectivity index is 1.83. The van der Waals surface area contributed by atoms with Crippen molar-refractivity contribution in [1.29, 1.82) is 0 Å². The van der Waals surface area contributed by atoms with Gasteiger partial charge in [0.25, 0.3) is 5.91 Å². The number of hydrogen-bond donors (Lipinski definition) is 1. The Morgan fingerprint density at radius 2 is 1.84 bits per heavy atom. The minimum atomic E-state index is -0.418. The first kappa shape index (κ1) is 16.9. The zero-order chi connectivity index (χ0) is 17.8. The highest BCUT2D eigenvalue weighted by atomic mass is 35.5. The van der Waals surface area contributed by atoms with Crippen LogP contribution in [0.2, 0.25) is 5.02 Å². The van der Waals surface area contributed by atoms with Crippen LogP contribution in [-0.4, -0.2) is 18.2 Å². The third-order valence-corrected chi connectivity index (χ3v) is 3.57. The summed E-state index contributed by atoms with van der Waals surface area (Å²) in [6.07, 6.45) is 0. The maximum absolute atomic E-state index is 12.3. The van der Waals surface area contributed by atoms with Crippen LogP contribution in [0.1, 0.15) is 16.2 Å². The number of anilines is 1. The predicted octanol–water partition coefficient (Wildman–Crippen LogP) is 4.69. The molecule has 2 aromatic carbocycles. The van der Waals surface area contributed by atoms with Crippen LogP contribution in [0.25, 0.3) is 0 Å². The SMILES string of the molecule is COc1ccc(Oc2ccc(Cl)cc2NC(=O)c2cc(C)on2)cc1. The number of rotatable bonds is 5. The van der Waals surface area contributed by atoms with E-state index in [2.05, 4.69) is 10.5 Å². The second-order valence-corrected chi connectivity index (χ2v) is 5.63. The Bertz CT molecular complexity index is 890. The zero-order valence-corrected chi connectivity index (χ0v) is 14.3. The highest BCUT2D eigenvalue weighted by Crippen LogP contribution is 2.33. The molecule has 0 fully saturated rings. The summed E-state index contributed by atoms with van der Waals surface area (Å²) in [6.45, 7) is 1.71. The molecule has 128 valence electrons. The largest absolute Gasteiger partial charge is 0.497 e.